The summed E-state index contributed by atoms with van der Waals surface area (Å²) in [4.78, 5) is 24.4. The smallest absolute Gasteiger partial charge is 0.305 e. The highest BCUT2D eigenvalue weighted by molar-refractivity contribution is 7.97. The van der Waals surface area contributed by atoms with Crippen molar-refractivity contribution < 1.29 is 18.7 Å². The zero-order valence-electron chi connectivity index (χ0n) is 15.0. The molecule has 7 nitrogen and oxygen atoms in total. The number of carbonyl (C=O) groups is 2. The topological polar surface area (TPSA) is 104 Å². The van der Waals surface area contributed by atoms with Crippen LogP contribution in [0.5, 0.6) is 5.75 Å². The molecule has 8 heteroatoms. The molecule has 1 aromatic heterocycles. The second kappa shape index (κ2) is 8.97. The Balaban J connectivity index is 1.62. The van der Waals surface area contributed by atoms with Crippen LogP contribution < -0.4 is 15.6 Å². The quantitative estimate of drug-likeness (QED) is 0.622. The average molecular weight is 395 g/mol. The lowest BCUT2D eigenvalue weighted by atomic mass is 10.1. The number of ether oxygens (including phenoxy) is 1. The maximum absolute atomic E-state index is 12.5. The molecule has 0 aliphatic rings. The maximum atomic E-state index is 12.5. The van der Waals surface area contributed by atoms with Gasteiger partial charge in [-0.1, -0.05) is 30.3 Å². The van der Waals surface area contributed by atoms with Gasteiger partial charge in [0.05, 0.1) is 5.56 Å². The number of para-hydroxylation sites is 2. The van der Waals surface area contributed by atoms with Gasteiger partial charge in [-0.2, -0.15) is 17.0 Å². The summed E-state index contributed by atoms with van der Waals surface area (Å²) < 4.78 is 11.0. The second-order valence-corrected chi connectivity index (χ2v) is 6.60. The number of nitrogens with zero attached hydrogens (tertiary/aromatic N) is 1. The highest BCUT2D eigenvalue weighted by atomic mass is 32.2. The van der Waals surface area contributed by atoms with Crippen LogP contribution in [0.25, 0.3) is 11.0 Å². The number of nitriles is 1. The van der Waals surface area contributed by atoms with E-state index < -0.39 is 11.8 Å². The van der Waals surface area contributed by atoms with E-state index in [-0.39, 0.29) is 12.4 Å². The number of thioether (sulfide) groups is 1. The molecule has 0 aliphatic carbocycles. The summed E-state index contributed by atoms with van der Waals surface area (Å²) >= 11 is 1.57. The van der Waals surface area contributed by atoms with Crippen LogP contribution in [-0.2, 0) is 10.5 Å². The molecule has 28 heavy (non-hydrogen) atoms. The lowest BCUT2D eigenvalue weighted by Gasteiger charge is -2.09. The minimum Gasteiger partial charge on any atom is -0.482 e. The molecule has 142 valence electrons. The van der Waals surface area contributed by atoms with Gasteiger partial charge in [0.15, 0.2) is 12.4 Å². The number of nitrogens with one attached hydrogen (secondary N) is 2. The molecule has 0 atom stereocenters. The van der Waals surface area contributed by atoms with Gasteiger partial charge in [-0.3, -0.25) is 20.4 Å². The van der Waals surface area contributed by atoms with Crippen molar-refractivity contribution in [2.75, 3.05) is 12.9 Å². The van der Waals surface area contributed by atoms with Gasteiger partial charge in [-0.15, -0.1) is 0 Å². The molecule has 3 aromatic rings. The van der Waals surface area contributed by atoms with Gasteiger partial charge >= 0.3 is 5.91 Å². The molecule has 0 saturated heterocycles. The van der Waals surface area contributed by atoms with Gasteiger partial charge in [0.1, 0.15) is 17.4 Å². The molecule has 0 spiro atoms. The first-order valence-electron chi connectivity index (χ1n) is 8.34. The van der Waals surface area contributed by atoms with Crippen molar-refractivity contribution in [1.82, 2.24) is 10.9 Å². The summed E-state index contributed by atoms with van der Waals surface area (Å²) in [6.07, 6.45) is 1.93. The lowest BCUT2D eigenvalue weighted by molar-refractivity contribution is -0.123. The van der Waals surface area contributed by atoms with Crippen LogP contribution in [-0.4, -0.2) is 24.7 Å². The first-order chi connectivity index (χ1) is 13.6. The molecule has 1 heterocycles. The minimum absolute atomic E-state index is 0.159. The molecule has 3 rings (SSSR count). The van der Waals surface area contributed by atoms with Crippen molar-refractivity contribution in [3.05, 3.63) is 65.4 Å². The number of hydrazine groups is 1. The van der Waals surface area contributed by atoms with Crippen molar-refractivity contribution in [1.29, 1.82) is 5.26 Å². The van der Waals surface area contributed by atoms with E-state index in [1.165, 1.54) is 0 Å². The van der Waals surface area contributed by atoms with E-state index in [1.807, 2.05) is 30.5 Å². The SMILES string of the molecule is CSCc1c(C(=O)NNC(=O)COc2ccccc2C#N)oc2ccccc12. The van der Waals surface area contributed by atoms with Crippen molar-refractivity contribution in [2.24, 2.45) is 0 Å². The number of hydrogen-bond acceptors (Lipinski definition) is 6. The van der Waals surface area contributed by atoms with Gasteiger partial charge in [0.25, 0.3) is 5.91 Å². The number of fused-ring (bicyclic) bond motifs is 1. The summed E-state index contributed by atoms with van der Waals surface area (Å²) in [6.45, 7) is -0.350. The van der Waals surface area contributed by atoms with Crippen LogP contribution in [0.1, 0.15) is 21.7 Å². The Morgan fingerprint density at radius 1 is 1.14 bits per heavy atom. The largest absolute Gasteiger partial charge is 0.482 e. The third kappa shape index (κ3) is 4.27. The van der Waals surface area contributed by atoms with E-state index in [9.17, 15) is 9.59 Å². The molecule has 2 N–H and O–H groups in total. The zero-order chi connectivity index (χ0) is 19.9. The summed E-state index contributed by atoms with van der Waals surface area (Å²) in [5, 5.41) is 9.88. The molecule has 0 bridgehead atoms. The number of furan rings is 1. The van der Waals surface area contributed by atoms with E-state index >= 15 is 0 Å². The van der Waals surface area contributed by atoms with Crippen LogP contribution in [0.15, 0.2) is 52.9 Å². The molecule has 2 aromatic carbocycles. The van der Waals surface area contributed by atoms with Crippen LogP contribution in [0.3, 0.4) is 0 Å². The Hall–Kier alpha value is -3.44. The minimum atomic E-state index is -0.566. The normalized spacial score (nSPS) is 10.3. The molecule has 0 radical (unpaired) electrons. The fourth-order valence-corrected chi connectivity index (χ4v) is 3.19. The van der Waals surface area contributed by atoms with Crippen LogP contribution in [0.2, 0.25) is 0 Å². The second-order valence-electron chi connectivity index (χ2n) is 5.74. The van der Waals surface area contributed by atoms with Crippen molar-refractivity contribution in [3.63, 3.8) is 0 Å². The molecule has 0 saturated carbocycles. The van der Waals surface area contributed by atoms with Crippen LogP contribution >= 0.6 is 11.8 Å². The monoisotopic (exact) mass is 395 g/mol. The molecule has 2 amide bonds. The lowest BCUT2D eigenvalue weighted by Crippen LogP contribution is -2.44. The molecule has 0 aliphatic heterocycles. The van der Waals surface area contributed by atoms with Crippen molar-refractivity contribution in [2.45, 2.75) is 5.75 Å². The first-order valence-corrected chi connectivity index (χ1v) is 9.74. The molecule has 0 fully saturated rings. The Morgan fingerprint density at radius 2 is 1.89 bits per heavy atom. The molecular weight excluding hydrogens is 378 g/mol. The third-order valence-electron chi connectivity index (χ3n) is 3.87. The van der Waals surface area contributed by atoms with Gasteiger partial charge in [-0.05, 0) is 24.5 Å². The summed E-state index contributed by atoms with van der Waals surface area (Å²) in [7, 11) is 0. The van der Waals surface area contributed by atoms with Gasteiger partial charge in [-0.25, -0.2) is 0 Å². The van der Waals surface area contributed by atoms with Crippen LogP contribution in [0.4, 0.5) is 0 Å². The van der Waals surface area contributed by atoms with Gasteiger partial charge in [0.2, 0.25) is 0 Å². The van der Waals surface area contributed by atoms with Crippen molar-refractivity contribution in [3.8, 4) is 11.8 Å². The number of rotatable bonds is 6. The number of benzene rings is 2. The Bertz CT molecular complexity index is 1060. The standard InChI is InChI=1S/C20H17N3O4S/c1-28-12-15-14-7-3-5-9-17(14)27-19(15)20(25)23-22-18(24)11-26-16-8-4-2-6-13(16)10-21/h2-9H,11-12H2,1H3,(H,22,24)(H,23,25). The Labute approximate surface area is 165 Å². The first kappa shape index (κ1) is 19.3. The number of hydrogen-bond donors (Lipinski definition) is 2. The summed E-state index contributed by atoms with van der Waals surface area (Å²) in [5.41, 5.74) is 6.33. The van der Waals surface area contributed by atoms with E-state index in [0.29, 0.717) is 22.6 Å². The Kier molecular flexibility index (Phi) is 6.19. The van der Waals surface area contributed by atoms with Gasteiger partial charge in [0, 0.05) is 16.7 Å². The summed E-state index contributed by atoms with van der Waals surface area (Å²) in [5.74, 6) is -0.0610. The highest BCUT2D eigenvalue weighted by Gasteiger charge is 2.20. The number of carbonyl (C=O) groups excluding carboxylic acids is 2. The van der Waals surface area contributed by atoms with E-state index in [2.05, 4.69) is 10.9 Å². The highest BCUT2D eigenvalue weighted by Crippen LogP contribution is 2.28. The molecule has 0 unspecified atom stereocenters. The average Bonchev–Trinajstić information content (AvgIpc) is 3.09. The fourth-order valence-electron chi connectivity index (χ4n) is 2.62. The van der Waals surface area contributed by atoms with E-state index in [4.69, 9.17) is 14.4 Å². The predicted octanol–water partition coefficient (Wildman–Crippen LogP) is 3.01. The molecular formula is C20H17N3O4S. The Morgan fingerprint density at radius 3 is 2.68 bits per heavy atom. The zero-order valence-corrected chi connectivity index (χ0v) is 15.8. The van der Waals surface area contributed by atoms with Crippen LogP contribution in [0, 0.1) is 11.3 Å². The number of amides is 2. The third-order valence-corrected chi connectivity index (χ3v) is 4.45. The van der Waals surface area contributed by atoms with Gasteiger partial charge < -0.3 is 9.15 Å². The van der Waals surface area contributed by atoms with E-state index in [0.717, 1.165) is 10.9 Å². The summed E-state index contributed by atoms with van der Waals surface area (Å²) in [6, 6.07) is 15.9. The fraction of sp³-hybridized carbons (Fsp3) is 0.150. The van der Waals surface area contributed by atoms with E-state index in [1.54, 1.807) is 42.1 Å². The van der Waals surface area contributed by atoms with Crippen molar-refractivity contribution >= 4 is 34.5 Å². The predicted molar refractivity (Wildman–Crippen MR) is 106 cm³/mol. The maximum Gasteiger partial charge on any atom is 0.305 e.